The number of ether oxygens (including phenoxy) is 2. The molecule has 2 saturated heterocycles. The van der Waals surface area contributed by atoms with Gasteiger partial charge in [-0.2, -0.15) is 0 Å². The van der Waals surface area contributed by atoms with E-state index in [4.69, 9.17) is 14.6 Å². The molecule has 9 nitrogen and oxygen atoms in total. The second kappa shape index (κ2) is 10.5. The van der Waals surface area contributed by atoms with Crippen molar-refractivity contribution in [1.82, 2.24) is 9.80 Å². The molecule has 0 unspecified atom stereocenters. The van der Waals surface area contributed by atoms with Crippen molar-refractivity contribution < 1.29 is 24.2 Å². The molecule has 1 aromatic rings. The summed E-state index contributed by atoms with van der Waals surface area (Å²) < 4.78 is 11.0. The molecule has 1 aromatic carbocycles. The molecule has 0 aromatic heterocycles. The molecule has 0 spiro atoms. The molecule has 0 aliphatic carbocycles. The summed E-state index contributed by atoms with van der Waals surface area (Å²) in [5, 5.41) is 12.0. The van der Waals surface area contributed by atoms with Crippen LogP contribution >= 0.6 is 0 Å². The summed E-state index contributed by atoms with van der Waals surface area (Å²) >= 11 is 0. The van der Waals surface area contributed by atoms with Crippen molar-refractivity contribution in [1.29, 1.82) is 0 Å². The van der Waals surface area contributed by atoms with Gasteiger partial charge in [0.2, 0.25) is 0 Å². The van der Waals surface area contributed by atoms with Gasteiger partial charge < -0.3 is 24.4 Å². The SMILES string of the molecule is CCc1cc(NC(=O)OC(C)(C)C)c(OC)cc1N1CCC(N2CCN(C(=O)O)CC2)CC1. The highest BCUT2D eigenvalue weighted by Gasteiger charge is 2.30. The van der Waals surface area contributed by atoms with Crippen LogP contribution in [0.25, 0.3) is 0 Å². The second-order valence-electron chi connectivity index (χ2n) is 9.69. The number of piperazine rings is 1. The van der Waals surface area contributed by atoms with Gasteiger partial charge in [-0.15, -0.1) is 0 Å². The normalized spacial score (nSPS) is 18.2. The number of carboxylic acid groups (broad SMARTS) is 1. The number of carbonyl (C=O) groups is 2. The number of carbonyl (C=O) groups excluding carboxylic acids is 1. The third-order valence-corrected chi connectivity index (χ3v) is 6.32. The molecule has 9 heteroatoms. The molecule has 2 fully saturated rings. The van der Waals surface area contributed by atoms with Gasteiger partial charge in [-0.05, 0) is 51.7 Å². The van der Waals surface area contributed by atoms with Gasteiger partial charge in [0.15, 0.2) is 0 Å². The summed E-state index contributed by atoms with van der Waals surface area (Å²) in [5.41, 5.74) is 2.32. The van der Waals surface area contributed by atoms with Gasteiger partial charge in [-0.25, -0.2) is 9.59 Å². The zero-order chi connectivity index (χ0) is 24.2. The predicted molar refractivity (Wildman–Crippen MR) is 129 cm³/mol. The minimum absolute atomic E-state index is 0.484. The Hall–Kier alpha value is -2.68. The molecule has 0 radical (unpaired) electrons. The van der Waals surface area contributed by atoms with Crippen LogP contribution in [0, 0.1) is 0 Å². The minimum Gasteiger partial charge on any atom is -0.494 e. The third-order valence-electron chi connectivity index (χ3n) is 6.32. The first-order valence-corrected chi connectivity index (χ1v) is 11.8. The topological polar surface area (TPSA) is 94.6 Å². The van der Waals surface area contributed by atoms with Crippen molar-refractivity contribution in [3.63, 3.8) is 0 Å². The first-order chi connectivity index (χ1) is 15.6. The van der Waals surface area contributed by atoms with Crippen molar-refractivity contribution in [3.8, 4) is 5.75 Å². The molecule has 2 N–H and O–H groups in total. The Bertz CT molecular complexity index is 838. The smallest absolute Gasteiger partial charge is 0.412 e. The van der Waals surface area contributed by atoms with E-state index in [1.807, 2.05) is 32.9 Å². The minimum atomic E-state index is -0.824. The highest BCUT2D eigenvalue weighted by Crippen LogP contribution is 2.36. The molecular formula is C24H38N4O5. The van der Waals surface area contributed by atoms with Gasteiger partial charge >= 0.3 is 12.2 Å². The first kappa shape index (κ1) is 25.0. The number of anilines is 2. The molecule has 2 aliphatic rings. The Kier molecular flexibility index (Phi) is 7.94. The number of hydrogen-bond acceptors (Lipinski definition) is 6. The Balaban J connectivity index is 1.66. The lowest BCUT2D eigenvalue weighted by atomic mass is 9.99. The number of methoxy groups -OCH3 is 1. The maximum absolute atomic E-state index is 12.3. The van der Waals surface area contributed by atoms with Gasteiger partial charge in [-0.1, -0.05) is 6.92 Å². The summed E-state index contributed by atoms with van der Waals surface area (Å²) in [6.45, 7) is 12.2. The van der Waals surface area contributed by atoms with Gasteiger partial charge in [-0.3, -0.25) is 10.2 Å². The summed E-state index contributed by atoms with van der Waals surface area (Å²) in [6, 6.07) is 4.48. The Morgan fingerprint density at radius 1 is 1.09 bits per heavy atom. The van der Waals surface area contributed by atoms with E-state index in [2.05, 4.69) is 22.0 Å². The number of piperidine rings is 1. The first-order valence-electron chi connectivity index (χ1n) is 11.8. The van der Waals surface area contributed by atoms with Crippen LogP contribution in [0.4, 0.5) is 21.0 Å². The highest BCUT2D eigenvalue weighted by molar-refractivity contribution is 5.88. The molecule has 2 heterocycles. The van der Waals surface area contributed by atoms with Crippen molar-refractivity contribution in [3.05, 3.63) is 17.7 Å². The summed E-state index contributed by atoms with van der Waals surface area (Å²) in [6.07, 6.45) is 1.58. The Labute approximate surface area is 196 Å². The van der Waals surface area contributed by atoms with Crippen molar-refractivity contribution in [2.24, 2.45) is 0 Å². The second-order valence-corrected chi connectivity index (χ2v) is 9.69. The Morgan fingerprint density at radius 2 is 1.73 bits per heavy atom. The van der Waals surface area contributed by atoms with Crippen LogP contribution < -0.4 is 15.0 Å². The molecule has 184 valence electrons. The quantitative estimate of drug-likeness (QED) is 0.686. The van der Waals surface area contributed by atoms with E-state index in [-0.39, 0.29) is 0 Å². The van der Waals surface area contributed by atoms with Crippen molar-refractivity contribution in [2.45, 2.75) is 58.6 Å². The molecule has 0 saturated carbocycles. The average Bonchev–Trinajstić information content (AvgIpc) is 2.77. The van der Waals surface area contributed by atoms with E-state index in [0.717, 1.165) is 56.7 Å². The van der Waals surface area contributed by atoms with Crippen molar-refractivity contribution in [2.75, 3.05) is 56.6 Å². The largest absolute Gasteiger partial charge is 0.494 e. The number of rotatable bonds is 5. The van der Waals surface area contributed by atoms with Gasteiger partial charge in [0, 0.05) is 57.1 Å². The van der Waals surface area contributed by atoms with E-state index in [9.17, 15) is 9.59 Å². The van der Waals surface area contributed by atoms with Crippen LogP contribution in [-0.4, -0.2) is 85.1 Å². The zero-order valence-corrected chi connectivity index (χ0v) is 20.5. The maximum atomic E-state index is 12.3. The fourth-order valence-electron chi connectivity index (χ4n) is 4.62. The molecule has 33 heavy (non-hydrogen) atoms. The van der Waals surface area contributed by atoms with Gasteiger partial charge in [0.1, 0.15) is 11.4 Å². The summed E-state index contributed by atoms with van der Waals surface area (Å²) in [5.74, 6) is 0.611. The lowest BCUT2D eigenvalue weighted by Crippen LogP contribution is -2.54. The lowest BCUT2D eigenvalue weighted by molar-refractivity contribution is 0.0635. The summed E-state index contributed by atoms with van der Waals surface area (Å²) in [4.78, 5) is 29.8. The number of nitrogens with one attached hydrogen (secondary N) is 1. The van der Waals surface area contributed by atoms with Gasteiger partial charge in [0.05, 0.1) is 12.8 Å². The fraction of sp³-hybridized carbons (Fsp3) is 0.667. The molecule has 2 amide bonds. The van der Waals surface area contributed by atoms with Crippen LogP contribution in [0.5, 0.6) is 5.75 Å². The monoisotopic (exact) mass is 462 g/mol. The van der Waals surface area contributed by atoms with Crippen LogP contribution in [-0.2, 0) is 11.2 Å². The number of amides is 2. The van der Waals surface area contributed by atoms with Crippen LogP contribution in [0.3, 0.4) is 0 Å². The van der Waals surface area contributed by atoms with E-state index in [1.54, 1.807) is 7.11 Å². The van der Waals surface area contributed by atoms with E-state index in [1.165, 1.54) is 4.90 Å². The van der Waals surface area contributed by atoms with Crippen LogP contribution in [0.15, 0.2) is 12.1 Å². The van der Waals surface area contributed by atoms with Gasteiger partial charge in [0.25, 0.3) is 0 Å². The molecule has 2 aliphatic heterocycles. The van der Waals surface area contributed by atoms with Crippen LogP contribution in [0.1, 0.15) is 46.1 Å². The van der Waals surface area contributed by atoms with E-state index in [0.29, 0.717) is 30.6 Å². The van der Waals surface area contributed by atoms with Crippen molar-refractivity contribution >= 4 is 23.6 Å². The number of hydrogen-bond donors (Lipinski definition) is 2. The van der Waals surface area contributed by atoms with Crippen LogP contribution in [0.2, 0.25) is 0 Å². The zero-order valence-electron chi connectivity index (χ0n) is 20.5. The standard InChI is InChI=1S/C24H38N4O5/c1-6-17-15-19(25-22(29)33-24(2,3)4)21(32-5)16-20(17)27-9-7-18(8-10-27)26-11-13-28(14-12-26)23(30)31/h15-16,18H,6-14H2,1-5H3,(H,25,29)(H,30,31). The maximum Gasteiger partial charge on any atom is 0.412 e. The number of aryl methyl sites for hydroxylation is 1. The molecule has 0 bridgehead atoms. The Morgan fingerprint density at radius 3 is 2.24 bits per heavy atom. The fourth-order valence-corrected chi connectivity index (χ4v) is 4.62. The molecule has 0 atom stereocenters. The lowest BCUT2D eigenvalue weighted by Gasteiger charge is -2.43. The molecule has 3 rings (SSSR count). The number of benzene rings is 1. The number of nitrogens with zero attached hydrogens (tertiary/aromatic N) is 3. The molecular weight excluding hydrogens is 424 g/mol. The van der Waals surface area contributed by atoms with E-state index >= 15 is 0 Å². The predicted octanol–water partition coefficient (Wildman–Crippen LogP) is 3.87. The third kappa shape index (κ3) is 6.43. The average molecular weight is 463 g/mol. The summed E-state index contributed by atoms with van der Waals surface area (Å²) in [7, 11) is 1.61. The highest BCUT2D eigenvalue weighted by atomic mass is 16.6. The van der Waals surface area contributed by atoms with E-state index < -0.39 is 17.8 Å².